The van der Waals surface area contributed by atoms with E-state index >= 15 is 0 Å². The van der Waals surface area contributed by atoms with Gasteiger partial charge in [0.1, 0.15) is 17.4 Å². The summed E-state index contributed by atoms with van der Waals surface area (Å²) in [5, 5.41) is 9.04. The minimum atomic E-state index is -0.217. The maximum Gasteiger partial charge on any atom is 0.241 e. The number of ether oxygens (including phenoxy) is 2. The molecule has 38 heavy (non-hydrogen) atoms. The lowest BCUT2D eigenvalue weighted by atomic mass is 10.0. The molecule has 5 rings (SSSR count). The van der Waals surface area contributed by atoms with Gasteiger partial charge in [-0.25, -0.2) is 9.50 Å². The molecule has 1 saturated heterocycles. The summed E-state index contributed by atoms with van der Waals surface area (Å²) in [5.41, 5.74) is 4.38. The summed E-state index contributed by atoms with van der Waals surface area (Å²) < 4.78 is 15.5. The molecule has 9 nitrogen and oxygen atoms in total. The van der Waals surface area contributed by atoms with Gasteiger partial charge < -0.3 is 14.4 Å². The van der Waals surface area contributed by atoms with Gasteiger partial charge >= 0.3 is 0 Å². The molecule has 1 fully saturated rings. The van der Waals surface area contributed by atoms with Crippen LogP contribution < -0.4 is 9.47 Å². The van der Waals surface area contributed by atoms with Crippen LogP contribution in [0.15, 0.2) is 49.1 Å². The number of carbonyl (C=O) groups is 1. The van der Waals surface area contributed by atoms with Crippen molar-refractivity contribution in [2.24, 2.45) is 5.92 Å². The van der Waals surface area contributed by atoms with Crippen LogP contribution in [0.4, 0.5) is 0 Å². The van der Waals surface area contributed by atoms with Crippen LogP contribution in [0, 0.1) is 12.8 Å². The lowest BCUT2D eigenvalue weighted by molar-refractivity contribution is -0.129. The fourth-order valence-corrected chi connectivity index (χ4v) is 4.95. The number of nitrogens with zero attached hydrogens (tertiary/aromatic N) is 6. The third-order valence-corrected chi connectivity index (χ3v) is 7.43. The van der Waals surface area contributed by atoms with Crippen molar-refractivity contribution in [3.63, 3.8) is 0 Å². The van der Waals surface area contributed by atoms with E-state index in [0.717, 1.165) is 33.7 Å². The SMILES string of the molecule is COc1ccc([C@@H](C)N2C[C@H]([C@@H](C)Oc3nc(-c4cnn(C(C)(C)C)c4)cn4ncc(C)c34)CC2=O)cc1. The molecule has 4 aromatic rings. The second-order valence-electron chi connectivity index (χ2n) is 11.2. The Morgan fingerprint density at radius 1 is 1.05 bits per heavy atom. The Morgan fingerprint density at radius 3 is 2.45 bits per heavy atom. The highest BCUT2D eigenvalue weighted by atomic mass is 16.5. The molecule has 3 aromatic heterocycles. The first kappa shape index (κ1) is 25.8. The molecule has 1 aliphatic heterocycles. The van der Waals surface area contributed by atoms with Crippen molar-refractivity contribution in [1.82, 2.24) is 29.3 Å². The van der Waals surface area contributed by atoms with Crippen LogP contribution in [0.5, 0.6) is 11.6 Å². The molecule has 0 spiro atoms. The van der Waals surface area contributed by atoms with E-state index in [1.54, 1.807) is 7.11 Å². The van der Waals surface area contributed by atoms with E-state index in [1.807, 2.05) is 77.0 Å². The lowest BCUT2D eigenvalue weighted by Gasteiger charge is -2.26. The van der Waals surface area contributed by atoms with Gasteiger partial charge in [-0.05, 0) is 59.2 Å². The van der Waals surface area contributed by atoms with E-state index in [1.165, 1.54) is 0 Å². The van der Waals surface area contributed by atoms with E-state index in [-0.39, 0.29) is 29.5 Å². The third kappa shape index (κ3) is 4.85. The molecular formula is C29H36N6O3. The average Bonchev–Trinajstić information content (AvgIpc) is 3.62. The van der Waals surface area contributed by atoms with E-state index in [4.69, 9.17) is 14.5 Å². The topological polar surface area (TPSA) is 86.8 Å². The van der Waals surface area contributed by atoms with Crippen LogP contribution >= 0.6 is 0 Å². The summed E-state index contributed by atoms with van der Waals surface area (Å²) in [6.07, 6.45) is 7.75. The quantitative estimate of drug-likeness (QED) is 0.342. The number of rotatable bonds is 7. The number of fused-ring (bicyclic) bond motifs is 1. The second-order valence-corrected chi connectivity index (χ2v) is 11.2. The largest absolute Gasteiger partial charge is 0.497 e. The zero-order valence-electron chi connectivity index (χ0n) is 23.2. The predicted molar refractivity (Wildman–Crippen MR) is 145 cm³/mol. The predicted octanol–water partition coefficient (Wildman–Crippen LogP) is 5.04. The number of amides is 1. The Bertz CT molecular complexity index is 1450. The number of methoxy groups -OCH3 is 1. The Labute approximate surface area is 223 Å². The number of hydrogen-bond acceptors (Lipinski definition) is 6. The van der Waals surface area contributed by atoms with Gasteiger partial charge in [-0.15, -0.1) is 0 Å². The molecular weight excluding hydrogens is 480 g/mol. The standard InChI is InChI=1S/C29H36N6O3/c1-18-13-30-34-17-25(23-14-31-35(16-23)29(4,5)6)32-28(27(18)34)38-20(3)22-12-26(36)33(15-22)19(2)21-8-10-24(37-7)11-9-21/h8-11,13-14,16-17,19-20,22H,12,15H2,1-7H3/t19-,20-,22-/m1/s1. The number of hydrogen-bond donors (Lipinski definition) is 0. The molecule has 1 amide bonds. The Hall–Kier alpha value is -3.88. The summed E-state index contributed by atoms with van der Waals surface area (Å²) in [4.78, 5) is 19.9. The van der Waals surface area contributed by atoms with E-state index in [9.17, 15) is 4.79 Å². The average molecular weight is 517 g/mol. The zero-order chi connectivity index (χ0) is 27.2. The highest BCUT2D eigenvalue weighted by molar-refractivity contribution is 5.79. The van der Waals surface area contributed by atoms with Crippen molar-refractivity contribution < 1.29 is 14.3 Å². The summed E-state index contributed by atoms with van der Waals surface area (Å²) in [6, 6.07) is 7.85. The van der Waals surface area contributed by atoms with Gasteiger partial charge in [-0.1, -0.05) is 12.1 Å². The molecule has 4 heterocycles. The van der Waals surface area contributed by atoms with Crippen molar-refractivity contribution in [2.45, 2.75) is 65.6 Å². The lowest BCUT2D eigenvalue weighted by Crippen LogP contribution is -2.31. The Balaban J connectivity index is 1.37. The van der Waals surface area contributed by atoms with Gasteiger partial charge in [-0.3, -0.25) is 9.48 Å². The monoisotopic (exact) mass is 516 g/mol. The van der Waals surface area contributed by atoms with Crippen molar-refractivity contribution in [2.75, 3.05) is 13.7 Å². The highest BCUT2D eigenvalue weighted by Gasteiger charge is 2.37. The summed E-state index contributed by atoms with van der Waals surface area (Å²) in [5.74, 6) is 1.49. The fraction of sp³-hybridized carbons (Fsp3) is 0.448. The first-order valence-corrected chi connectivity index (χ1v) is 13.1. The van der Waals surface area contributed by atoms with Crippen molar-refractivity contribution in [3.05, 3.63) is 60.2 Å². The van der Waals surface area contributed by atoms with Gasteiger partial charge in [0.15, 0.2) is 0 Å². The number of aryl methyl sites for hydroxylation is 1. The molecule has 9 heteroatoms. The van der Waals surface area contributed by atoms with Gasteiger partial charge in [0.05, 0.1) is 43.0 Å². The van der Waals surface area contributed by atoms with Crippen molar-refractivity contribution >= 4 is 11.4 Å². The van der Waals surface area contributed by atoms with Crippen LogP contribution in [0.2, 0.25) is 0 Å². The second kappa shape index (κ2) is 9.78. The van der Waals surface area contributed by atoms with Gasteiger partial charge in [0, 0.05) is 36.2 Å². The molecule has 1 aliphatic rings. The smallest absolute Gasteiger partial charge is 0.241 e. The molecule has 0 saturated carbocycles. The molecule has 3 atom stereocenters. The van der Waals surface area contributed by atoms with Crippen molar-refractivity contribution in [1.29, 1.82) is 0 Å². The van der Waals surface area contributed by atoms with Crippen LogP contribution in [0.1, 0.15) is 58.2 Å². The van der Waals surface area contributed by atoms with E-state index in [0.29, 0.717) is 18.8 Å². The van der Waals surface area contributed by atoms with Gasteiger partial charge in [0.2, 0.25) is 11.8 Å². The molecule has 0 radical (unpaired) electrons. The normalized spacial score (nSPS) is 17.7. The van der Waals surface area contributed by atoms with Crippen LogP contribution in [-0.4, -0.2) is 54.9 Å². The van der Waals surface area contributed by atoms with Crippen molar-refractivity contribution in [3.8, 4) is 22.9 Å². The van der Waals surface area contributed by atoms with Gasteiger partial charge in [0.25, 0.3) is 0 Å². The molecule has 0 aliphatic carbocycles. The molecule has 0 N–H and O–H groups in total. The Kier molecular flexibility index (Phi) is 6.63. The summed E-state index contributed by atoms with van der Waals surface area (Å²) >= 11 is 0. The molecule has 0 bridgehead atoms. The first-order valence-electron chi connectivity index (χ1n) is 13.1. The highest BCUT2D eigenvalue weighted by Crippen LogP contribution is 2.34. The third-order valence-electron chi connectivity index (χ3n) is 7.43. The summed E-state index contributed by atoms with van der Waals surface area (Å²) in [6.45, 7) is 13.0. The van der Waals surface area contributed by atoms with Crippen LogP contribution in [0.3, 0.4) is 0 Å². The fourth-order valence-electron chi connectivity index (χ4n) is 4.95. The zero-order valence-corrected chi connectivity index (χ0v) is 23.2. The molecule has 200 valence electrons. The number of carbonyl (C=O) groups excluding carboxylic acids is 1. The first-order chi connectivity index (χ1) is 18.0. The molecule has 1 aromatic carbocycles. The molecule has 0 unspecified atom stereocenters. The van der Waals surface area contributed by atoms with Crippen LogP contribution in [-0.2, 0) is 10.3 Å². The minimum Gasteiger partial charge on any atom is -0.497 e. The Morgan fingerprint density at radius 2 is 1.79 bits per heavy atom. The number of benzene rings is 1. The minimum absolute atomic E-state index is 0.0322. The maximum absolute atomic E-state index is 13.0. The van der Waals surface area contributed by atoms with E-state index in [2.05, 4.69) is 37.9 Å². The van der Waals surface area contributed by atoms with E-state index < -0.39 is 0 Å². The summed E-state index contributed by atoms with van der Waals surface area (Å²) in [7, 11) is 1.65. The number of aromatic nitrogens is 5. The number of likely N-dealkylation sites (tertiary alicyclic amines) is 1. The maximum atomic E-state index is 13.0. The van der Waals surface area contributed by atoms with Crippen LogP contribution in [0.25, 0.3) is 16.8 Å². The van der Waals surface area contributed by atoms with Gasteiger partial charge in [-0.2, -0.15) is 10.2 Å².